The Labute approximate surface area is 111 Å². The van der Waals surface area contributed by atoms with Crippen LogP contribution in [0.1, 0.15) is 5.56 Å². The first-order chi connectivity index (χ1) is 9.36. The summed E-state index contributed by atoms with van der Waals surface area (Å²) in [5.74, 6) is 0.896. The van der Waals surface area contributed by atoms with Gasteiger partial charge in [0.2, 0.25) is 0 Å². The van der Waals surface area contributed by atoms with Crippen molar-refractivity contribution in [2.24, 2.45) is 0 Å². The highest BCUT2D eigenvalue weighted by Gasteiger charge is 2.19. The second kappa shape index (κ2) is 3.79. The molecule has 19 heavy (non-hydrogen) atoms. The summed E-state index contributed by atoms with van der Waals surface area (Å²) in [6, 6.07) is 14.6. The summed E-state index contributed by atoms with van der Waals surface area (Å²) in [5.41, 5.74) is 6.11. The van der Waals surface area contributed by atoms with Crippen LogP contribution in [0.3, 0.4) is 0 Å². The van der Waals surface area contributed by atoms with Crippen molar-refractivity contribution < 1.29 is 4.74 Å². The molecule has 4 rings (SSSR count). The average Bonchev–Trinajstić information content (AvgIpc) is 2.85. The van der Waals surface area contributed by atoms with Crippen LogP contribution in [-0.4, -0.2) is 12.1 Å². The lowest BCUT2D eigenvalue weighted by atomic mass is 10.00. The highest BCUT2D eigenvalue weighted by molar-refractivity contribution is 5.95. The maximum Gasteiger partial charge on any atom is 0.119 e. The summed E-state index contributed by atoms with van der Waals surface area (Å²) in [6.07, 6.45) is 0. The van der Waals surface area contributed by atoms with E-state index in [4.69, 9.17) is 4.74 Å². The Hall–Kier alpha value is -2.42. The number of aromatic nitrogens is 1. The van der Waals surface area contributed by atoms with E-state index in [-0.39, 0.29) is 0 Å². The molecule has 1 aliphatic heterocycles. The molecule has 2 heterocycles. The Balaban J connectivity index is 2.02. The number of rotatable bonds is 1. The maximum absolute atomic E-state index is 5.32. The van der Waals surface area contributed by atoms with Gasteiger partial charge in [0.05, 0.1) is 12.8 Å². The first kappa shape index (κ1) is 10.5. The molecule has 2 aromatic carbocycles. The number of nitrogens with one attached hydrogen (secondary N) is 2. The van der Waals surface area contributed by atoms with Crippen LogP contribution in [0.2, 0.25) is 0 Å². The molecule has 0 amide bonds. The summed E-state index contributed by atoms with van der Waals surface area (Å²) >= 11 is 0. The number of H-pyrrole nitrogens is 1. The van der Waals surface area contributed by atoms with Crippen molar-refractivity contribution in [2.45, 2.75) is 6.54 Å². The normalized spacial score (nSPS) is 12.7. The number of ether oxygens (including phenoxy) is 1. The van der Waals surface area contributed by atoms with Gasteiger partial charge in [-0.3, -0.25) is 0 Å². The standard InChI is InChI=1S/C16H14N2O/c1-19-10-6-7-15-12(8-10)13-9-17-14-5-3-2-4-11(14)16(13)18-15/h2-8,17-18H,9H2,1H3. The number of benzene rings is 2. The molecule has 3 aromatic rings. The number of methoxy groups -OCH3 is 1. The number of aromatic amines is 1. The third-order valence-corrected chi connectivity index (χ3v) is 3.77. The van der Waals surface area contributed by atoms with Crippen LogP contribution in [0, 0.1) is 0 Å². The summed E-state index contributed by atoms with van der Waals surface area (Å²) < 4.78 is 5.32. The van der Waals surface area contributed by atoms with Crippen molar-refractivity contribution >= 4 is 16.6 Å². The number of para-hydroxylation sites is 1. The van der Waals surface area contributed by atoms with Crippen molar-refractivity contribution in [1.82, 2.24) is 4.98 Å². The van der Waals surface area contributed by atoms with E-state index >= 15 is 0 Å². The fourth-order valence-corrected chi connectivity index (χ4v) is 2.81. The van der Waals surface area contributed by atoms with E-state index < -0.39 is 0 Å². The summed E-state index contributed by atoms with van der Waals surface area (Å²) in [4.78, 5) is 3.53. The highest BCUT2D eigenvalue weighted by Crippen LogP contribution is 2.39. The van der Waals surface area contributed by atoms with Gasteiger partial charge in [0.25, 0.3) is 0 Å². The molecule has 3 heteroatoms. The lowest BCUT2D eigenvalue weighted by Gasteiger charge is -2.18. The van der Waals surface area contributed by atoms with Gasteiger partial charge in [-0.25, -0.2) is 0 Å². The molecule has 2 N–H and O–H groups in total. The van der Waals surface area contributed by atoms with E-state index in [1.807, 2.05) is 6.07 Å². The molecule has 3 nitrogen and oxygen atoms in total. The van der Waals surface area contributed by atoms with Crippen molar-refractivity contribution in [3.8, 4) is 17.0 Å². The molecule has 0 atom stereocenters. The molecule has 0 bridgehead atoms. The molecule has 0 saturated carbocycles. The maximum atomic E-state index is 5.32. The Morgan fingerprint density at radius 2 is 2.00 bits per heavy atom. The largest absolute Gasteiger partial charge is 0.497 e. The van der Waals surface area contributed by atoms with Gasteiger partial charge in [0, 0.05) is 34.3 Å². The zero-order valence-electron chi connectivity index (χ0n) is 10.7. The minimum Gasteiger partial charge on any atom is -0.497 e. The topological polar surface area (TPSA) is 37.0 Å². The molecule has 1 aromatic heterocycles. The van der Waals surface area contributed by atoms with Gasteiger partial charge in [0.15, 0.2) is 0 Å². The van der Waals surface area contributed by atoms with Crippen molar-refractivity contribution in [1.29, 1.82) is 0 Å². The van der Waals surface area contributed by atoms with Crippen LogP contribution >= 0.6 is 0 Å². The number of hydrogen-bond donors (Lipinski definition) is 2. The first-order valence-corrected chi connectivity index (χ1v) is 6.38. The smallest absolute Gasteiger partial charge is 0.119 e. The van der Waals surface area contributed by atoms with Gasteiger partial charge in [-0.15, -0.1) is 0 Å². The zero-order valence-corrected chi connectivity index (χ0v) is 10.7. The minimum atomic E-state index is 0.847. The lowest BCUT2D eigenvalue weighted by Crippen LogP contribution is -2.07. The first-order valence-electron chi connectivity index (χ1n) is 6.38. The van der Waals surface area contributed by atoms with Crippen molar-refractivity contribution in [3.05, 3.63) is 48.0 Å². The highest BCUT2D eigenvalue weighted by atomic mass is 16.5. The number of hydrogen-bond acceptors (Lipinski definition) is 2. The van der Waals surface area contributed by atoms with E-state index in [9.17, 15) is 0 Å². The van der Waals surface area contributed by atoms with Gasteiger partial charge in [-0.2, -0.15) is 0 Å². The predicted octanol–water partition coefficient (Wildman–Crippen LogP) is 3.77. The quantitative estimate of drug-likeness (QED) is 0.689. The molecule has 0 saturated heterocycles. The average molecular weight is 250 g/mol. The van der Waals surface area contributed by atoms with Gasteiger partial charge in [0.1, 0.15) is 5.75 Å². The second-order valence-corrected chi connectivity index (χ2v) is 4.79. The number of anilines is 1. The zero-order chi connectivity index (χ0) is 12.8. The van der Waals surface area contributed by atoms with E-state index in [0.717, 1.165) is 17.8 Å². The molecule has 0 fully saturated rings. The van der Waals surface area contributed by atoms with E-state index in [1.165, 1.54) is 27.9 Å². The molecular formula is C16H14N2O. The minimum absolute atomic E-state index is 0.847. The van der Waals surface area contributed by atoms with Crippen LogP contribution in [0.4, 0.5) is 5.69 Å². The van der Waals surface area contributed by atoms with Gasteiger partial charge in [-0.1, -0.05) is 18.2 Å². The molecule has 0 radical (unpaired) electrons. The lowest BCUT2D eigenvalue weighted by molar-refractivity contribution is 0.415. The van der Waals surface area contributed by atoms with Crippen LogP contribution in [0.25, 0.3) is 22.2 Å². The fourth-order valence-electron chi connectivity index (χ4n) is 2.81. The van der Waals surface area contributed by atoms with Crippen molar-refractivity contribution in [2.75, 3.05) is 12.4 Å². The van der Waals surface area contributed by atoms with Gasteiger partial charge < -0.3 is 15.0 Å². The third kappa shape index (κ3) is 1.45. The van der Waals surface area contributed by atoms with Gasteiger partial charge in [-0.05, 0) is 24.3 Å². The van der Waals surface area contributed by atoms with Crippen LogP contribution < -0.4 is 10.1 Å². The summed E-state index contributed by atoms with van der Waals surface area (Å²) in [6.45, 7) is 0.847. The van der Waals surface area contributed by atoms with Gasteiger partial charge >= 0.3 is 0 Å². The van der Waals surface area contributed by atoms with Crippen LogP contribution in [0.15, 0.2) is 42.5 Å². The van der Waals surface area contributed by atoms with Crippen molar-refractivity contribution in [3.63, 3.8) is 0 Å². The molecular weight excluding hydrogens is 236 g/mol. The van der Waals surface area contributed by atoms with Crippen LogP contribution in [0.5, 0.6) is 5.75 Å². The van der Waals surface area contributed by atoms with E-state index in [2.05, 4.69) is 46.7 Å². The Kier molecular flexibility index (Phi) is 2.09. The molecule has 0 spiro atoms. The Morgan fingerprint density at radius 1 is 1.11 bits per heavy atom. The van der Waals surface area contributed by atoms with Crippen LogP contribution in [-0.2, 0) is 6.54 Å². The summed E-state index contributed by atoms with van der Waals surface area (Å²) in [5, 5.41) is 4.71. The second-order valence-electron chi connectivity index (χ2n) is 4.79. The summed E-state index contributed by atoms with van der Waals surface area (Å²) in [7, 11) is 1.70. The third-order valence-electron chi connectivity index (χ3n) is 3.77. The van der Waals surface area contributed by atoms with E-state index in [1.54, 1.807) is 7.11 Å². The fraction of sp³-hybridized carbons (Fsp3) is 0.125. The molecule has 0 unspecified atom stereocenters. The molecule has 94 valence electrons. The Bertz CT molecular complexity index is 774. The number of fused-ring (bicyclic) bond motifs is 5. The monoisotopic (exact) mass is 250 g/mol. The molecule has 0 aliphatic carbocycles. The van der Waals surface area contributed by atoms with E-state index in [0.29, 0.717) is 0 Å². The Morgan fingerprint density at radius 3 is 2.89 bits per heavy atom. The predicted molar refractivity (Wildman–Crippen MR) is 77.6 cm³/mol. The molecule has 1 aliphatic rings. The SMILES string of the molecule is COc1ccc2[nH]c3c(c2c1)CNc1ccccc1-3.